The van der Waals surface area contributed by atoms with Gasteiger partial charge in [-0.2, -0.15) is 0 Å². The third kappa shape index (κ3) is 2.81. The lowest BCUT2D eigenvalue weighted by molar-refractivity contribution is 0.596. The monoisotopic (exact) mass is 384 g/mol. The fraction of sp³-hybridized carbons (Fsp3) is 0.0769. The molecule has 0 bridgehead atoms. The lowest BCUT2D eigenvalue weighted by atomic mass is 10.3. The van der Waals surface area contributed by atoms with Crippen LogP contribution >= 0.6 is 15.9 Å². The van der Waals surface area contributed by atoms with E-state index in [1.807, 2.05) is 0 Å². The summed E-state index contributed by atoms with van der Waals surface area (Å²) in [4.78, 5) is 8.28. The van der Waals surface area contributed by atoms with Gasteiger partial charge in [0.1, 0.15) is 10.4 Å². The van der Waals surface area contributed by atoms with Gasteiger partial charge >= 0.3 is 0 Å². The van der Waals surface area contributed by atoms with E-state index in [2.05, 4.69) is 31.2 Å². The molecule has 0 aliphatic heterocycles. The molecule has 6 nitrogen and oxygen atoms in total. The first-order chi connectivity index (χ1) is 10.3. The number of nitrogens with zero attached hydrogens (tertiary/aromatic N) is 3. The molecule has 3 aromatic rings. The number of rotatable bonds is 3. The van der Waals surface area contributed by atoms with E-state index in [1.165, 1.54) is 12.1 Å². The van der Waals surface area contributed by atoms with Gasteiger partial charge in [-0.25, -0.2) is 22.8 Å². The van der Waals surface area contributed by atoms with E-state index in [0.29, 0.717) is 16.1 Å². The molecule has 0 unspecified atom stereocenters. The minimum atomic E-state index is -3.45. The summed E-state index contributed by atoms with van der Waals surface area (Å²) in [7, 11) is -3.45. The van der Waals surface area contributed by atoms with E-state index in [1.54, 1.807) is 23.0 Å². The highest BCUT2D eigenvalue weighted by Crippen LogP contribution is 2.25. The molecule has 2 aromatic heterocycles. The topological polar surface area (TPSA) is 76.4 Å². The van der Waals surface area contributed by atoms with Crippen molar-refractivity contribution in [2.24, 2.45) is 0 Å². The van der Waals surface area contributed by atoms with Gasteiger partial charge in [0, 0.05) is 24.8 Å². The van der Waals surface area contributed by atoms with Crippen LogP contribution in [0.1, 0.15) is 0 Å². The zero-order valence-electron chi connectivity index (χ0n) is 11.3. The molecule has 0 aliphatic rings. The highest BCUT2D eigenvalue weighted by molar-refractivity contribution is 9.10. The van der Waals surface area contributed by atoms with Crippen LogP contribution in [0.15, 0.2) is 46.3 Å². The first-order valence-electron chi connectivity index (χ1n) is 6.10. The van der Waals surface area contributed by atoms with Crippen LogP contribution in [0, 0.1) is 5.82 Å². The van der Waals surface area contributed by atoms with Gasteiger partial charge in [0.15, 0.2) is 21.3 Å². The number of hydrogen-bond acceptors (Lipinski definition) is 5. The fourth-order valence-corrected chi connectivity index (χ4v) is 2.97. The molecule has 0 spiro atoms. The van der Waals surface area contributed by atoms with E-state index < -0.39 is 15.7 Å². The van der Waals surface area contributed by atoms with E-state index in [0.717, 1.165) is 12.3 Å². The molecule has 0 saturated heterocycles. The molecule has 22 heavy (non-hydrogen) atoms. The lowest BCUT2D eigenvalue weighted by Gasteiger charge is -2.09. The second kappa shape index (κ2) is 5.33. The van der Waals surface area contributed by atoms with Crippen molar-refractivity contribution in [3.63, 3.8) is 0 Å². The molecule has 0 atom stereocenters. The molecule has 0 saturated carbocycles. The number of benzene rings is 1. The highest BCUT2D eigenvalue weighted by Gasteiger charge is 2.13. The van der Waals surface area contributed by atoms with Crippen LogP contribution in [0.4, 0.5) is 15.9 Å². The minimum Gasteiger partial charge on any atom is -0.335 e. The summed E-state index contributed by atoms with van der Waals surface area (Å²) in [5.41, 5.74) is 0.637. The van der Waals surface area contributed by atoms with E-state index >= 15 is 0 Å². The number of halogens is 2. The first-order valence-corrected chi connectivity index (χ1v) is 8.79. The summed E-state index contributed by atoms with van der Waals surface area (Å²) in [6, 6.07) is 3.66. The van der Waals surface area contributed by atoms with Gasteiger partial charge < -0.3 is 9.72 Å². The Bertz CT molecular complexity index is 971. The van der Waals surface area contributed by atoms with Gasteiger partial charge in [-0.05, 0) is 34.1 Å². The zero-order chi connectivity index (χ0) is 15.9. The van der Waals surface area contributed by atoms with Crippen molar-refractivity contribution in [3.8, 4) is 0 Å². The Kier molecular flexibility index (Phi) is 3.61. The Morgan fingerprint density at radius 2 is 2.14 bits per heavy atom. The molecular formula is C13H10BrFN4O2S. The van der Waals surface area contributed by atoms with Crippen molar-refractivity contribution in [1.29, 1.82) is 0 Å². The van der Waals surface area contributed by atoms with Crippen LogP contribution in [0.3, 0.4) is 0 Å². The molecule has 2 heterocycles. The van der Waals surface area contributed by atoms with Crippen molar-refractivity contribution in [2.45, 2.75) is 4.90 Å². The maximum Gasteiger partial charge on any atom is 0.180 e. The number of nitrogens with one attached hydrogen (secondary N) is 1. The molecule has 3 rings (SSSR count). The van der Waals surface area contributed by atoms with Crippen molar-refractivity contribution in [2.75, 3.05) is 11.6 Å². The van der Waals surface area contributed by atoms with E-state index in [4.69, 9.17) is 0 Å². The molecule has 0 amide bonds. The van der Waals surface area contributed by atoms with Crippen molar-refractivity contribution in [1.82, 2.24) is 14.4 Å². The summed E-state index contributed by atoms with van der Waals surface area (Å²) in [6.45, 7) is 0. The third-order valence-corrected chi connectivity index (χ3v) is 4.46. The number of sulfone groups is 1. The Hall–Kier alpha value is -2.00. The van der Waals surface area contributed by atoms with Crippen LogP contribution in [-0.2, 0) is 9.84 Å². The quantitative estimate of drug-likeness (QED) is 0.751. The standard InChI is InChI=1S/C13H10BrFN4O2S/c1-22(20,21)8-2-3-10(9(15)6-8)17-12-13-16-4-5-19(13)7-11(14)18-12/h2-7H,1H3,(H,17,18). The smallest absolute Gasteiger partial charge is 0.180 e. The number of imidazole rings is 1. The van der Waals surface area contributed by atoms with Crippen LogP contribution < -0.4 is 5.32 Å². The van der Waals surface area contributed by atoms with Crippen molar-refractivity contribution < 1.29 is 12.8 Å². The molecule has 114 valence electrons. The van der Waals surface area contributed by atoms with Crippen molar-refractivity contribution >= 4 is 42.9 Å². The summed E-state index contributed by atoms with van der Waals surface area (Å²) in [5.74, 6) is -0.334. The van der Waals surface area contributed by atoms with Crippen LogP contribution in [0.25, 0.3) is 5.65 Å². The second-order valence-corrected chi connectivity index (χ2v) is 7.44. The van der Waals surface area contributed by atoms with Gasteiger partial charge in [-0.1, -0.05) is 0 Å². The lowest BCUT2D eigenvalue weighted by Crippen LogP contribution is -2.03. The Balaban J connectivity index is 2.04. The third-order valence-electron chi connectivity index (χ3n) is 2.97. The summed E-state index contributed by atoms with van der Waals surface area (Å²) in [5, 5.41) is 2.83. The molecule has 0 aliphatic carbocycles. The number of fused-ring (bicyclic) bond motifs is 1. The average Bonchev–Trinajstić information content (AvgIpc) is 2.88. The minimum absolute atomic E-state index is 0.0799. The Morgan fingerprint density at radius 3 is 2.82 bits per heavy atom. The van der Waals surface area contributed by atoms with E-state index in [9.17, 15) is 12.8 Å². The number of anilines is 2. The molecular weight excluding hydrogens is 375 g/mol. The second-order valence-electron chi connectivity index (χ2n) is 4.61. The fourth-order valence-electron chi connectivity index (χ4n) is 1.94. The van der Waals surface area contributed by atoms with Gasteiger partial charge in [0.25, 0.3) is 0 Å². The maximum absolute atomic E-state index is 14.1. The van der Waals surface area contributed by atoms with Crippen LogP contribution in [0.2, 0.25) is 0 Å². The maximum atomic E-state index is 14.1. The molecule has 0 radical (unpaired) electrons. The SMILES string of the molecule is CS(=O)(=O)c1ccc(Nc2nc(Br)cn3ccnc23)c(F)c1. The summed E-state index contributed by atoms with van der Waals surface area (Å²) < 4.78 is 39.2. The predicted octanol–water partition coefficient (Wildman–Crippen LogP) is 2.78. The molecule has 9 heteroatoms. The van der Waals surface area contributed by atoms with Gasteiger partial charge in [-0.3, -0.25) is 0 Å². The van der Waals surface area contributed by atoms with Crippen molar-refractivity contribution in [3.05, 3.63) is 47.2 Å². The largest absolute Gasteiger partial charge is 0.335 e. The first kappa shape index (κ1) is 14.9. The molecule has 1 N–H and O–H groups in total. The number of hydrogen-bond donors (Lipinski definition) is 1. The normalized spacial score (nSPS) is 11.8. The van der Waals surface area contributed by atoms with Crippen LogP contribution in [-0.4, -0.2) is 29.0 Å². The van der Waals surface area contributed by atoms with E-state index in [-0.39, 0.29) is 10.6 Å². The predicted molar refractivity (Wildman–Crippen MR) is 83.5 cm³/mol. The Morgan fingerprint density at radius 1 is 1.36 bits per heavy atom. The summed E-state index contributed by atoms with van der Waals surface area (Å²) in [6.07, 6.45) is 6.07. The van der Waals surface area contributed by atoms with Gasteiger partial charge in [-0.15, -0.1) is 0 Å². The van der Waals surface area contributed by atoms with Gasteiger partial charge in [0.2, 0.25) is 0 Å². The number of aromatic nitrogens is 3. The molecule has 1 aromatic carbocycles. The van der Waals surface area contributed by atoms with Gasteiger partial charge in [0.05, 0.1) is 10.6 Å². The average molecular weight is 385 g/mol. The highest BCUT2D eigenvalue weighted by atomic mass is 79.9. The van der Waals surface area contributed by atoms with Crippen LogP contribution in [0.5, 0.6) is 0 Å². The zero-order valence-corrected chi connectivity index (χ0v) is 13.7. The Labute approximate surface area is 134 Å². The summed E-state index contributed by atoms with van der Waals surface area (Å²) >= 11 is 3.26. The molecule has 0 fully saturated rings.